The zero-order valence-electron chi connectivity index (χ0n) is 7.81. The number of carbonyl (C=O) groups excluding carboxylic acids is 2. The fourth-order valence-electron chi connectivity index (χ4n) is 0.645. The van der Waals surface area contributed by atoms with E-state index in [0.29, 0.717) is 0 Å². The van der Waals surface area contributed by atoms with Crippen LogP contribution in [0.5, 0.6) is 0 Å². The first kappa shape index (κ1) is 13.5. The molecule has 0 aromatic heterocycles. The Morgan fingerprint density at radius 3 is 2.25 bits per heavy atom. The first-order valence-electron chi connectivity index (χ1n) is 3.64. The van der Waals surface area contributed by atoms with E-state index in [0.717, 1.165) is 6.54 Å². The molecule has 0 aliphatic heterocycles. The van der Waals surface area contributed by atoms with Gasteiger partial charge >= 0.3 is 0 Å². The van der Waals surface area contributed by atoms with Crippen molar-refractivity contribution in [3.05, 3.63) is 6.58 Å². The smallest absolute Gasteiger partial charge is 0.223 e. The molecule has 0 heterocycles. The van der Waals surface area contributed by atoms with Crippen molar-refractivity contribution in [1.29, 1.82) is 0 Å². The average molecular weight is 172 g/mol. The van der Waals surface area contributed by atoms with E-state index in [2.05, 4.69) is 17.2 Å². The molecule has 4 heteroatoms. The highest BCUT2D eigenvalue weighted by molar-refractivity contribution is 5.78. The number of hydrogen-bond acceptors (Lipinski definition) is 3. The zero-order valence-corrected chi connectivity index (χ0v) is 7.81. The summed E-state index contributed by atoms with van der Waals surface area (Å²) in [5.41, 5.74) is 0. The third-order valence-electron chi connectivity index (χ3n) is 1.20. The van der Waals surface area contributed by atoms with Gasteiger partial charge in [-0.05, 0) is 13.6 Å². The lowest BCUT2D eigenvalue weighted by atomic mass is 10.2. The van der Waals surface area contributed by atoms with E-state index in [9.17, 15) is 4.79 Å². The molecule has 0 aliphatic rings. The van der Waals surface area contributed by atoms with E-state index in [1.807, 2.05) is 14.0 Å². The quantitative estimate of drug-likeness (QED) is 0.569. The van der Waals surface area contributed by atoms with Gasteiger partial charge in [0.05, 0.1) is 0 Å². The van der Waals surface area contributed by atoms with Crippen LogP contribution < -0.4 is 10.6 Å². The molecule has 4 nitrogen and oxygen atoms in total. The monoisotopic (exact) mass is 172 g/mol. The summed E-state index contributed by atoms with van der Waals surface area (Å²) in [7, 11) is 3.48. The number of amides is 1. The van der Waals surface area contributed by atoms with Crippen molar-refractivity contribution in [2.75, 3.05) is 20.6 Å². The molecular formula is C8H16N2O2. The van der Waals surface area contributed by atoms with Gasteiger partial charge in [-0.1, -0.05) is 6.92 Å². The standard InChI is InChI=1S/C6H14N2O.C2H2O/c1-5(4-7-2)6(9)8-3;1-2-3/h5,7H,4H2,1-3H3,(H,8,9);1H2. The van der Waals surface area contributed by atoms with Crippen LogP contribution in [0.4, 0.5) is 0 Å². The van der Waals surface area contributed by atoms with Gasteiger partial charge in [-0.2, -0.15) is 0 Å². The predicted molar refractivity (Wildman–Crippen MR) is 48.5 cm³/mol. The number of nitrogens with one attached hydrogen (secondary N) is 2. The number of carbonyl (C=O) groups is 1. The lowest BCUT2D eigenvalue weighted by Crippen LogP contribution is -2.31. The summed E-state index contributed by atoms with van der Waals surface area (Å²) in [6.07, 6.45) is 0. The van der Waals surface area contributed by atoms with Crippen LogP contribution in [0.15, 0.2) is 6.58 Å². The minimum absolute atomic E-state index is 0.0694. The topological polar surface area (TPSA) is 58.2 Å². The summed E-state index contributed by atoms with van der Waals surface area (Å²) < 4.78 is 0. The summed E-state index contributed by atoms with van der Waals surface area (Å²) in [6, 6.07) is 0. The van der Waals surface area contributed by atoms with Crippen LogP contribution in [0.3, 0.4) is 0 Å². The highest BCUT2D eigenvalue weighted by atomic mass is 16.1. The molecule has 0 saturated carbocycles. The van der Waals surface area contributed by atoms with Crippen molar-refractivity contribution < 1.29 is 9.59 Å². The Labute approximate surface area is 73.0 Å². The summed E-state index contributed by atoms with van der Waals surface area (Å²) in [5.74, 6) is 1.41. The number of rotatable bonds is 3. The maximum atomic E-state index is 10.8. The summed E-state index contributed by atoms with van der Waals surface area (Å²) in [6.45, 7) is 5.30. The molecule has 1 amide bonds. The minimum atomic E-state index is 0.0694. The Kier molecular flexibility index (Phi) is 11.1. The number of hydrogen-bond donors (Lipinski definition) is 2. The van der Waals surface area contributed by atoms with Gasteiger partial charge in [0.25, 0.3) is 0 Å². The normalized spacial score (nSPS) is 10.2. The average Bonchev–Trinajstić information content (AvgIpc) is 2.05. The van der Waals surface area contributed by atoms with Crippen LogP contribution in [0, 0.1) is 5.92 Å². The molecule has 0 rings (SSSR count). The lowest BCUT2D eigenvalue weighted by molar-refractivity contribution is -0.123. The molecule has 0 aliphatic carbocycles. The minimum Gasteiger partial charge on any atom is -0.359 e. The van der Waals surface area contributed by atoms with E-state index in [1.165, 1.54) is 5.94 Å². The molecule has 2 N–H and O–H groups in total. The first-order chi connectivity index (χ1) is 5.63. The van der Waals surface area contributed by atoms with Gasteiger partial charge < -0.3 is 10.6 Å². The second-order valence-corrected chi connectivity index (χ2v) is 2.22. The van der Waals surface area contributed by atoms with Gasteiger partial charge in [0.1, 0.15) is 5.94 Å². The molecule has 70 valence electrons. The van der Waals surface area contributed by atoms with Crippen molar-refractivity contribution in [2.24, 2.45) is 5.92 Å². The molecule has 0 bridgehead atoms. The van der Waals surface area contributed by atoms with Crippen LogP contribution in [-0.4, -0.2) is 32.5 Å². The fraction of sp³-hybridized carbons (Fsp3) is 0.625. The highest BCUT2D eigenvalue weighted by Gasteiger charge is 2.07. The molecule has 0 spiro atoms. The highest BCUT2D eigenvalue weighted by Crippen LogP contribution is 1.89. The van der Waals surface area contributed by atoms with Gasteiger partial charge in [0.2, 0.25) is 5.91 Å². The Morgan fingerprint density at radius 2 is 2.00 bits per heavy atom. The van der Waals surface area contributed by atoms with E-state index in [-0.39, 0.29) is 11.8 Å². The third-order valence-corrected chi connectivity index (χ3v) is 1.20. The molecule has 12 heavy (non-hydrogen) atoms. The van der Waals surface area contributed by atoms with E-state index in [1.54, 1.807) is 7.05 Å². The largest absolute Gasteiger partial charge is 0.359 e. The van der Waals surface area contributed by atoms with E-state index >= 15 is 0 Å². The van der Waals surface area contributed by atoms with Gasteiger partial charge in [0.15, 0.2) is 0 Å². The molecule has 1 atom stereocenters. The summed E-state index contributed by atoms with van der Waals surface area (Å²) in [5, 5.41) is 5.49. The third kappa shape index (κ3) is 8.88. The van der Waals surface area contributed by atoms with Gasteiger partial charge in [-0.15, -0.1) is 0 Å². The predicted octanol–water partition coefficient (Wildman–Crippen LogP) is -0.408. The summed E-state index contributed by atoms with van der Waals surface area (Å²) in [4.78, 5) is 19.3. The van der Waals surface area contributed by atoms with Crippen molar-refractivity contribution in [3.8, 4) is 0 Å². The molecule has 1 unspecified atom stereocenters. The van der Waals surface area contributed by atoms with E-state index < -0.39 is 0 Å². The van der Waals surface area contributed by atoms with Crippen LogP contribution in [0.1, 0.15) is 6.92 Å². The molecular weight excluding hydrogens is 156 g/mol. The van der Waals surface area contributed by atoms with Crippen LogP contribution in [-0.2, 0) is 9.59 Å². The SMILES string of the molecule is C=C=O.CNCC(C)C(=O)NC. The molecule has 0 radical (unpaired) electrons. The Bertz CT molecular complexity index is 151. The maximum absolute atomic E-state index is 10.8. The first-order valence-corrected chi connectivity index (χ1v) is 3.64. The lowest BCUT2D eigenvalue weighted by Gasteiger charge is -2.07. The van der Waals surface area contributed by atoms with Crippen molar-refractivity contribution >= 4 is 11.8 Å². The molecule has 0 aromatic rings. The van der Waals surface area contributed by atoms with Crippen LogP contribution >= 0.6 is 0 Å². The Balaban J connectivity index is 0. The zero-order chi connectivity index (χ0) is 9.98. The van der Waals surface area contributed by atoms with Crippen molar-refractivity contribution in [3.63, 3.8) is 0 Å². The van der Waals surface area contributed by atoms with Crippen LogP contribution in [0.25, 0.3) is 0 Å². The molecule has 0 saturated heterocycles. The van der Waals surface area contributed by atoms with Crippen molar-refractivity contribution in [1.82, 2.24) is 10.6 Å². The van der Waals surface area contributed by atoms with E-state index in [4.69, 9.17) is 4.79 Å². The second kappa shape index (κ2) is 9.88. The van der Waals surface area contributed by atoms with Crippen LogP contribution in [0.2, 0.25) is 0 Å². The Morgan fingerprint density at radius 1 is 1.58 bits per heavy atom. The second-order valence-electron chi connectivity index (χ2n) is 2.22. The molecule has 0 fully saturated rings. The van der Waals surface area contributed by atoms with Crippen molar-refractivity contribution in [2.45, 2.75) is 6.92 Å². The summed E-state index contributed by atoms with van der Waals surface area (Å²) >= 11 is 0. The maximum Gasteiger partial charge on any atom is 0.223 e. The Hall–Kier alpha value is -1.12. The van der Waals surface area contributed by atoms with Gasteiger partial charge in [-0.3, -0.25) is 4.79 Å². The fourth-order valence-corrected chi connectivity index (χ4v) is 0.645. The van der Waals surface area contributed by atoms with Gasteiger partial charge in [-0.25, -0.2) is 4.79 Å². The van der Waals surface area contributed by atoms with Gasteiger partial charge in [0, 0.05) is 19.5 Å². The molecule has 0 aromatic carbocycles.